The highest BCUT2D eigenvalue weighted by Gasteiger charge is 2.16. The smallest absolute Gasteiger partial charge is 0.322 e. The van der Waals surface area contributed by atoms with Crippen LogP contribution < -0.4 is 5.73 Å². The van der Waals surface area contributed by atoms with Crippen molar-refractivity contribution in [2.24, 2.45) is 5.73 Å². The number of ether oxygens (including phenoxy) is 1. The topological polar surface area (TPSA) is 68.1 Å². The van der Waals surface area contributed by atoms with E-state index in [4.69, 9.17) is 5.73 Å². The summed E-state index contributed by atoms with van der Waals surface area (Å²) >= 11 is 0. The molecule has 0 saturated carbocycles. The normalized spacial score (nSPS) is 11.9. The molecule has 1 atom stereocenters. The summed E-state index contributed by atoms with van der Waals surface area (Å²) in [6.45, 7) is 0. The summed E-state index contributed by atoms with van der Waals surface area (Å²) in [5, 5.41) is 0.740. The Morgan fingerprint density at radius 2 is 2.28 bits per heavy atom. The van der Waals surface area contributed by atoms with Gasteiger partial charge in [-0.1, -0.05) is 0 Å². The van der Waals surface area contributed by atoms with Crippen molar-refractivity contribution in [3.05, 3.63) is 35.8 Å². The molecule has 0 aliphatic heterocycles. The Morgan fingerprint density at radius 1 is 1.56 bits per heavy atom. The van der Waals surface area contributed by atoms with Gasteiger partial charge in [0.05, 0.1) is 7.11 Å². The lowest BCUT2D eigenvalue weighted by molar-refractivity contribution is -0.142. The molecule has 3 N–H and O–H groups in total. The molecule has 0 spiro atoms. The molecule has 2 aromatic rings. The first-order chi connectivity index (χ1) is 8.11. The van der Waals surface area contributed by atoms with E-state index < -0.39 is 12.0 Å². The summed E-state index contributed by atoms with van der Waals surface area (Å²) in [5.74, 6) is -0.791. The van der Waals surface area contributed by atoms with Gasteiger partial charge in [-0.25, -0.2) is 4.39 Å². The van der Waals surface area contributed by atoms with Gasteiger partial charge in [0, 0.05) is 23.5 Å². The monoisotopic (exact) mass is 272 g/mol. The first-order valence-electron chi connectivity index (χ1n) is 5.20. The molecular formula is C12H14ClFN2O2. The number of rotatable bonds is 3. The largest absolute Gasteiger partial charge is 0.468 e. The van der Waals surface area contributed by atoms with Crippen LogP contribution in [0.2, 0.25) is 0 Å². The number of esters is 1. The molecule has 0 bridgehead atoms. The molecule has 6 heteroatoms. The Labute approximate surface area is 110 Å². The predicted molar refractivity (Wildman–Crippen MR) is 69.2 cm³/mol. The van der Waals surface area contributed by atoms with Crippen molar-refractivity contribution >= 4 is 29.3 Å². The van der Waals surface area contributed by atoms with Crippen LogP contribution in [0.4, 0.5) is 4.39 Å². The molecule has 0 saturated heterocycles. The molecule has 0 aliphatic rings. The summed E-state index contributed by atoms with van der Waals surface area (Å²) in [7, 11) is 1.29. The minimum Gasteiger partial charge on any atom is -0.468 e. The second-order valence-electron chi connectivity index (χ2n) is 3.84. The van der Waals surface area contributed by atoms with Gasteiger partial charge in [0.2, 0.25) is 0 Å². The highest BCUT2D eigenvalue weighted by atomic mass is 35.5. The summed E-state index contributed by atoms with van der Waals surface area (Å²) in [4.78, 5) is 14.2. The zero-order valence-corrected chi connectivity index (χ0v) is 10.6. The second kappa shape index (κ2) is 5.84. The molecule has 0 fully saturated rings. The van der Waals surface area contributed by atoms with Gasteiger partial charge >= 0.3 is 5.97 Å². The molecule has 18 heavy (non-hydrogen) atoms. The third kappa shape index (κ3) is 2.80. The number of halogens is 2. The molecular weight excluding hydrogens is 259 g/mol. The number of nitrogens with one attached hydrogen (secondary N) is 1. The summed E-state index contributed by atoms with van der Waals surface area (Å²) < 4.78 is 17.7. The van der Waals surface area contributed by atoms with E-state index >= 15 is 0 Å². The minimum absolute atomic E-state index is 0. The van der Waals surface area contributed by atoms with E-state index in [1.165, 1.54) is 19.2 Å². The Kier molecular flexibility index (Phi) is 4.69. The van der Waals surface area contributed by atoms with Crippen molar-refractivity contribution in [3.63, 3.8) is 0 Å². The quantitative estimate of drug-likeness (QED) is 0.837. The fraction of sp³-hybridized carbons (Fsp3) is 0.250. The maximum Gasteiger partial charge on any atom is 0.322 e. The second-order valence-corrected chi connectivity index (χ2v) is 3.84. The van der Waals surface area contributed by atoms with Crippen molar-refractivity contribution in [2.45, 2.75) is 12.5 Å². The zero-order chi connectivity index (χ0) is 12.4. The standard InChI is InChI=1S/C12H13FN2O2.ClH/c1-17-12(16)10(14)4-7-6-15-11-3-2-8(13)5-9(7)11;/h2-3,5-6,10,15H,4,14H2,1H3;1H/t10-;/m0./s1. The lowest BCUT2D eigenvalue weighted by atomic mass is 10.1. The van der Waals surface area contributed by atoms with Gasteiger partial charge in [-0.3, -0.25) is 4.79 Å². The maximum absolute atomic E-state index is 13.1. The SMILES string of the molecule is COC(=O)[C@@H](N)Cc1c[nH]c2ccc(F)cc12.Cl. The number of carbonyl (C=O) groups excluding carboxylic acids is 1. The van der Waals surface area contributed by atoms with Gasteiger partial charge in [-0.05, 0) is 23.8 Å². The number of fused-ring (bicyclic) bond motifs is 1. The average Bonchev–Trinajstić information content (AvgIpc) is 2.71. The number of hydrogen-bond acceptors (Lipinski definition) is 3. The number of H-pyrrole nitrogens is 1. The van der Waals surface area contributed by atoms with Crippen LogP contribution in [0.25, 0.3) is 10.9 Å². The number of aromatic amines is 1. The first kappa shape index (κ1) is 14.5. The number of hydrogen-bond donors (Lipinski definition) is 2. The third-order valence-corrected chi connectivity index (χ3v) is 2.67. The van der Waals surface area contributed by atoms with Crippen molar-refractivity contribution in [1.82, 2.24) is 4.98 Å². The highest BCUT2D eigenvalue weighted by Crippen LogP contribution is 2.20. The minimum atomic E-state index is -0.734. The molecule has 0 aliphatic carbocycles. The van der Waals surface area contributed by atoms with Gasteiger partial charge in [-0.2, -0.15) is 0 Å². The van der Waals surface area contributed by atoms with Crippen molar-refractivity contribution in [3.8, 4) is 0 Å². The Balaban J connectivity index is 0.00000162. The van der Waals surface area contributed by atoms with Crippen LogP contribution in [-0.4, -0.2) is 24.1 Å². The van der Waals surface area contributed by atoms with Gasteiger partial charge in [-0.15, -0.1) is 12.4 Å². The van der Waals surface area contributed by atoms with Crippen LogP contribution in [0.3, 0.4) is 0 Å². The van der Waals surface area contributed by atoms with Gasteiger partial charge < -0.3 is 15.5 Å². The van der Waals surface area contributed by atoms with Crippen LogP contribution in [0.15, 0.2) is 24.4 Å². The van der Waals surface area contributed by atoms with E-state index in [2.05, 4.69) is 9.72 Å². The predicted octanol–water partition coefficient (Wildman–Crippen LogP) is 1.77. The van der Waals surface area contributed by atoms with E-state index in [9.17, 15) is 9.18 Å². The van der Waals surface area contributed by atoms with Crippen LogP contribution >= 0.6 is 12.4 Å². The van der Waals surface area contributed by atoms with E-state index in [0.717, 1.165) is 16.5 Å². The molecule has 0 radical (unpaired) electrons. The zero-order valence-electron chi connectivity index (χ0n) is 9.77. The van der Waals surface area contributed by atoms with Gasteiger partial charge in [0.25, 0.3) is 0 Å². The molecule has 1 aromatic heterocycles. The number of nitrogens with two attached hydrogens (primary N) is 1. The molecule has 0 amide bonds. The van der Waals surface area contributed by atoms with Crippen molar-refractivity contribution < 1.29 is 13.9 Å². The van der Waals surface area contributed by atoms with Gasteiger partial charge in [0.1, 0.15) is 11.9 Å². The van der Waals surface area contributed by atoms with Crippen LogP contribution in [0.5, 0.6) is 0 Å². The van der Waals surface area contributed by atoms with Crippen LogP contribution in [0, 0.1) is 5.82 Å². The summed E-state index contributed by atoms with van der Waals surface area (Å²) in [6, 6.07) is 3.72. The van der Waals surface area contributed by atoms with Gasteiger partial charge in [0.15, 0.2) is 0 Å². The van der Waals surface area contributed by atoms with Crippen molar-refractivity contribution in [1.29, 1.82) is 0 Å². The summed E-state index contributed by atoms with van der Waals surface area (Å²) in [5.41, 5.74) is 7.29. The van der Waals surface area contributed by atoms with E-state index in [0.29, 0.717) is 6.42 Å². The van der Waals surface area contributed by atoms with E-state index in [1.807, 2.05) is 0 Å². The Morgan fingerprint density at radius 3 is 2.94 bits per heavy atom. The number of carbonyl (C=O) groups is 1. The van der Waals surface area contributed by atoms with E-state index in [-0.39, 0.29) is 18.2 Å². The molecule has 1 aromatic carbocycles. The lowest BCUT2D eigenvalue weighted by Gasteiger charge is -2.07. The highest BCUT2D eigenvalue weighted by molar-refractivity contribution is 5.85. The molecule has 98 valence electrons. The number of aromatic nitrogens is 1. The molecule has 0 unspecified atom stereocenters. The van der Waals surface area contributed by atoms with E-state index in [1.54, 1.807) is 12.3 Å². The third-order valence-electron chi connectivity index (χ3n) is 2.67. The van der Waals surface area contributed by atoms with Crippen molar-refractivity contribution in [2.75, 3.05) is 7.11 Å². The fourth-order valence-corrected chi connectivity index (χ4v) is 1.79. The average molecular weight is 273 g/mol. The molecule has 4 nitrogen and oxygen atoms in total. The molecule has 1 heterocycles. The first-order valence-corrected chi connectivity index (χ1v) is 5.20. The lowest BCUT2D eigenvalue weighted by Crippen LogP contribution is -2.33. The van der Waals surface area contributed by atoms with Crippen LogP contribution in [0.1, 0.15) is 5.56 Å². The number of methoxy groups -OCH3 is 1. The maximum atomic E-state index is 13.1. The molecule has 2 rings (SSSR count). The van der Waals surface area contributed by atoms with Crippen LogP contribution in [-0.2, 0) is 16.0 Å². The summed E-state index contributed by atoms with van der Waals surface area (Å²) in [6.07, 6.45) is 2.04. The Bertz CT molecular complexity index is 556. The number of benzene rings is 1. The Hall–Kier alpha value is -1.59. The fourth-order valence-electron chi connectivity index (χ4n) is 1.79.